The number of hydrogen-bond acceptors (Lipinski definition) is 3. The fraction of sp³-hybridized carbons (Fsp3) is 0.600. The highest BCUT2D eigenvalue weighted by atomic mass is 19.3. The van der Waals surface area contributed by atoms with Gasteiger partial charge in [-0.15, -0.1) is 0 Å². The largest absolute Gasteiger partial charge is 0.435 e. The predicted octanol–water partition coefficient (Wildman–Crippen LogP) is 3.53. The van der Waals surface area contributed by atoms with Gasteiger partial charge < -0.3 is 9.47 Å². The van der Waals surface area contributed by atoms with Crippen LogP contribution in [0.5, 0.6) is 5.75 Å². The first-order chi connectivity index (χ1) is 9.32. The van der Waals surface area contributed by atoms with E-state index in [2.05, 4.69) is 30.4 Å². The molecule has 0 saturated carbocycles. The highest BCUT2D eigenvalue weighted by Crippen LogP contribution is 2.20. The summed E-state index contributed by atoms with van der Waals surface area (Å²) in [7, 11) is 1.68. The van der Waals surface area contributed by atoms with Gasteiger partial charge in [-0.05, 0) is 38.5 Å². The molecule has 1 aromatic carbocycles. The van der Waals surface area contributed by atoms with Gasteiger partial charge in [0.15, 0.2) is 0 Å². The molecule has 0 atom stereocenters. The number of halogens is 2. The molecule has 0 aromatic heterocycles. The zero-order chi connectivity index (χ0) is 15.2. The zero-order valence-electron chi connectivity index (χ0n) is 12.5. The quantitative estimate of drug-likeness (QED) is 0.765. The lowest BCUT2D eigenvalue weighted by Crippen LogP contribution is -2.42. The molecule has 0 aliphatic carbocycles. The topological polar surface area (TPSA) is 21.7 Å². The molecule has 20 heavy (non-hydrogen) atoms. The van der Waals surface area contributed by atoms with Gasteiger partial charge in [0, 0.05) is 25.7 Å². The summed E-state index contributed by atoms with van der Waals surface area (Å²) in [5, 5.41) is 0. The highest BCUT2D eigenvalue weighted by molar-refractivity contribution is 5.27. The first-order valence-electron chi connectivity index (χ1n) is 6.60. The van der Waals surface area contributed by atoms with Gasteiger partial charge in [-0.2, -0.15) is 8.78 Å². The van der Waals surface area contributed by atoms with Gasteiger partial charge in [0.1, 0.15) is 5.75 Å². The first-order valence-corrected chi connectivity index (χ1v) is 6.60. The normalized spacial score (nSPS) is 12.2. The van der Waals surface area contributed by atoms with Crippen molar-refractivity contribution >= 4 is 0 Å². The Hall–Kier alpha value is -1.20. The molecule has 0 radical (unpaired) electrons. The van der Waals surface area contributed by atoms with Crippen LogP contribution in [0.3, 0.4) is 0 Å². The molecule has 0 bridgehead atoms. The molecule has 3 nitrogen and oxygen atoms in total. The molecule has 1 rings (SSSR count). The third-order valence-corrected chi connectivity index (χ3v) is 3.04. The van der Waals surface area contributed by atoms with Gasteiger partial charge in [0.25, 0.3) is 0 Å². The van der Waals surface area contributed by atoms with E-state index in [1.807, 2.05) is 12.1 Å². The number of ether oxygens (including phenoxy) is 2. The molecule has 1 aromatic rings. The van der Waals surface area contributed by atoms with Gasteiger partial charge in [-0.3, -0.25) is 4.90 Å². The number of rotatable bonds is 7. The van der Waals surface area contributed by atoms with Gasteiger partial charge >= 0.3 is 6.61 Å². The van der Waals surface area contributed by atoms with E-state index in [9.17, 15) is 8.78 Å². The highest BCUT2D eigenvalue weighted by Gasteiger charge is 2.21. The van der Waals surface area contributed by atoms with E-state index >= 15 is 0 Å². The van der Waals surface area contributed by atoms with E-state index in [0.717, 1.165) is 18.7 Å². The molecule has 0 aliphatic rings. The van der Waals surface area contributed by atoms with Gasteiger partial charge in [0.05, 0.1) is 6.61 Å². The van der Waals surface area contributed by atoms with Crippen molar-refractivity contribution in [3.63, 3.8) is 0 Å². The maximum absolute atomic E-state index is 12.1. The Bertz CT molecular complexity index is 388. The Balaban J connectivity index is 2.68. The van der Waals surface area contributed by atoms with Crippen LogP contribution in [0.15, 0.2) is 24.3 Å². The van der Waals surface area contributed by atoms with Crippen LogP contribution < -0.4 is 4.74 Å². The SMILES string of the molecule is COCCN(Cc1ccc(OC(F)F)cc1)C(C)(C)C. The summed E-state index contributed by atoms with van der Waals surface area (Å²) in [6, 6.07) is 6.75. The van der Waals surface area contributed by atoms with Crippen LogP contribution in [-0.2, 0) is 11.3 Å². The fourth-order valence-corrected chi connectivity index (χ4v) is 1.85. The standard InChI is InChI=1S/C15H23F2NO2/c1-15(2,3)18(9-10-19-4)11-12-5-7-13(8-6-12)20-14(16)17/h5-8,14H,9-11H2,1-4H3. The van der Waals surface area contributed by atoms with Crippen LogP contribution in [0.1, 0.15) is 26.3 Å². The Morgan fingerprint density at radius 2 is 1.75 bits per heavy atom. The lowest BCUT2D eigenvalue weighted by molar-refractivity contribution is -0.0498. The van der Waals surface area contributed by atoms with Crippen molar-refractivity contribution in [1.29, 1.82) is 0 Å². The second kappa shape index (κ2) is 7.55. The number of nitrogens with zero attached hydrogens (tertiary/aromatic N) is 1. The van der Waals surface area contributed by atoms with Crippen LogP contribution in [-0.4, -0.2) is 37.3 Å². The van der Waals surface area contributed by atoms with Gasteiger partial charge in [0.2, 0.25) is 0 Å². The molecule has 5 heteroatoms. The Kier molecular flexibility index (Phi) is 6.36. The van der Waals surface area contributed by atoms with E-state index in [-0.39, 0.29) is 11.3 Å². The minimum Gasteiger partial charge on any atom is -0.435 e. The Morgan fingerprint density at radius 3 is 2.20 bits per heavy atom. The minimum absolute atomic E-state index is 0.0106. The summed E-state index contributed by atoms with van der Waals surface area (Å²) in [5.41, 5.74) is 1.06. The van der Waals surface area contributed by atoms with E-state index in [1.165, 1.54) is 0 Å². The van der Waals surface area contributed by atoms with Crippen LogP contribution in [0.25, 0.3) is 0 Å². The van der Waals surface area contributed by atoms with Crippen molar-refractivity contribution in [2.75, 3.05) is 20.3 Å². The van der Waals surface area contributed by atoms with Crippen molar-refractivity contribution in [3.8, 4) is 5.75 Å². The zero-order valence-corrected chi connectivity index (χ0v) is 12.5. The monoisotopic (exact) mass is 287 g/mol. The van der Waals surface area contributed by atoms with E-state index < -0.39 is 6.61 Å². The van der Waals surface area contributed by atoms with Crippen LogP contribution in [0.4, 0.5) is 8.78 Å². The predicted molar refractivity (Wildman–Crippen MR) is 75.1 cm³/mol. The number of hydrogen-bond donors (Lipinski definition) is 0. The van der Waals surface area contributed by atoms with Crippen LogP contribution in [0.2, 0.25) is 0 Å². The van der Waals surface area contributed by atoms with Crippen molar-refractivity contribution < 1.29 is 18.3 Å². The third-order valence-electron chi connectivity index (χ3n) is 3.04. The molecular formula is C15H23F2NO2. The Morgan fingerprint density at radius 1 is 1.15 bits per heavy atom. The smallest absolute Gasteiger partial charge is 0.387 e. The lowest BCUT2D eigenvalue weighted by atomic mass is 10.0. The van der Waals surface area contributed by atoms with Crippen molar-refractivity contribution in [1.82, 2.24) is 4.90 Å². The molecule has 0 fully saturated rings. The first kappa shape index (κ1) is 16.9. The average Bonchev–Trinajstić information content (AvgIpc) is 2.34. The lowest BCUT2D eigenvalue weighted by Gasteiger charge is -2.35. The summed E-state index contributed by atoms with van der Waals surface area (Å²) < 4.78 is 33.6. The summed E-state index contributed by atoms with van der Waals surface area (Å²) in [6.45, 7) is 5.83. The molecule has 114 valence electrons. The second-order valence-corrected chi connectivity index (χ2v) is 5.61. The van der Waals surface area contributed by atoms with Crippen molar-refractivity contribution in [3.05, 3.63) is 29.8 Å². The number of alkyl halides is 2. The van der Waals surface area contributed by atoms with Crippen LogP contribution >= 0.6 is 0 Å². The summed E-state index contributed by atoms with van der Waals surface area (Å²) in [4.78, 5) is 2.28. The molecular weight excluding hydrogens is 264 g/mol. The fourth-order valence-electron chi connectivity index (χ4n) is 1.85. The third kappa shape index (κ3) is 5.84. The van der Waals surface area contributed by atoms with E-state index in [4.69, 9.17) is 4.74 Å². The van der Waals surface area contributed by atoms with E-state index in [1.54, 1.807) is 19.2 Å². The molecule has 0 amide bonds. The second-order valence-electron chi connectivity index (χ2n) is 5.61. The van der Waals surface area contributed by atoms with Crippen molar-refractivity contribution in [2.24, 2.45) is 0 Å². The summed E-state index contributed by atoms with van der Waals surface area (Å²) in [5.74, 6) is 0.183. The van der Waals surface area contributed by atoms with E-state index in [0.29, 0.717) is 6.61 Å². The molecule has 0 aliphatic heterocycles. The molecule has 0 heterocycles. The maximum Gasteiger partial charge on any atom is 0.387 e. The maximum atomic E-state index is 12.1. The molecule has 0 spiro atoms. The average molecular weight is 287 g/mol. The van der Waals surface area contributed by atoms with Gasteiger partial charge in [-0.1, -0.05) is 12.1 Å². The molecule has 0 unspecified atom stereocenters. The Labute approximate surface area is 119 Å². The minimum atomic E-state index is -2.78. The van der Waals surface area contributed by atoms with Crippen LogP contribution in [0, 0.1) is 0 Å². The summed E-state index contributed by atoms with van der Waals surface area (Å²) >= 11 is 0. The number of methoxy groups -OCH3 is 1. The van der Waals surface area contributed by atoms with Gasteiger partial charge in [-0.25, -0.2) is 0 Å². The molecule has 0 N–H and O–H groups in total. The summed E-state index contributed by atoms with van der Waals surface area (Å²) in [6.07, 6.45) is 0. The molecule has 0 saturated heterocycles. The van der Waals surface area contributed by atoms with Crippen molar-refractivity contribution in [2.45, 2.75) is 39.5 Å². The number of benzene rings is 1.